The lowest BCUT2D eigenvalue weighted by molar-refractivity contribution is 0.0770. The van der Waals surface area contributed by atoms with Crippen LogP contribution in [0, 0.1) is 6.92 Å². The fraction of sp³-hybridized carbons (Fsp3) is 0.438. The van der Waals surface area contributed by atoms with E-state index >= 15 is 0 Å². The van der Waals surface area contributed by atoms with E-state index in [9.17, 15) is 13.2 Å². The molecule has 0 unspecified atom stereocenters. The molecule has 0 spiro atoms. The van der Waals surface area contributed by atoms with Crippen LogP contribution in [0.1, 0.15) is 34.9 Å². The maximum Gasteiger partial charge on any atom is 0.270 e. The Morgan fingerprint density at radius 3 is 2.67 bits per heavy atom. The zero-order valence-electron chi connectivity index (χ0n) is 13.8. The monoisotopic (exact) mass is 351 g/mol. The van der Waals surface area contributed by atoms with Crippen molar-refractivity contribution in [1.29, 1.82) is 0 Å². The normalized spacial score (nSPS) is 15.8. The molecule has 1 amide bonds. The van der Waals surface area contributed by atoms with Crippen LogP contribution >= 0.6 is 0 Å². The fourth-order valence-corrected chi connectivity index (χ4v) is 4.32. The van der Waals surface area contributed by atoms with E-state index < -0.39 is 10.0 Å². The summed E-state index contributed by atoms with van der Waals surface area (Å²) in [6.07, 6.45) is 3.13. The minimum absolute atomic E-state index is 0.134. The van der Waals surface area contributed by atoms with Gasteiger partial charge in [-0.3, -0.25) is 4.79 Å². The van der Waals surface area contributed by atoms with E-state index in [-0.39, 0.29) is 16.5 Å². The molecule has 0 aliphatic carbocycles. The third-order valence-corrected chi connectivity index (χ3v) is 6.00. The molecule has 130 valence electrons. The Balaban J connectivity index is 1.73. The molecule has 0 atom stereocenters. The van der Waals surface area contributed by atoms with Crippen molar-refractivity contribution in [3.63, 3.8) is 0 Å². The van der Waals surface area contributed by atoms with Gasteiger partial charge in [-0.25, -0.2) is 8.42 Å². The molecule has 8 heteroatoms. The number of hydrogen-bond donors (Lipinski definition) is 1. The number of H-pyrrole nitrogens is 1. The van der Waals surface area contributed by atoms with Gasteiger partial charge in [-0.2, -0.15) is 4.31 Å². The summed E-state index contributed by atoms with van der Waals surface area (Å²) in [6.45, 7) is 3.23. The lowest BCUT2D eigenvalue weighted by atomic mass is 10.3. The number of aromatic nitrogens is 1. The predicted octanol–water partition coefficient (Wildman–Crippen LogP) is 1.97. The summed E-state index contributed by atoms with van der Waals surface area (Å²) in [5, 5.41) is 0. The van der Waals surface area contributed by atoms with Gasteiger partial charge in [0.25, 0.3) is 5.91 Å². The second kappa shape index (κ2) is 6.45. The third kappa shape index (κ3) is 3.25. The molecule has 0 saturated carbocycles. The lowest BCUT2D eigenvalue weighted by Crippen LogP contribution is -2.28. The first-order valence-corrected chi connectivity index (χ1v) is 9.31. The maximum atomic E-state index is 12.5. The quantitative estimate of drug-likeness (QED) is 0.892. The van der Waals surface area contributed by atoms with Gasteiger partial charge in [-0.05, 0) is 38.0 Å². The van der Waals surface area contributed by atoms with E-state index in [1.165, 1.54) is 21.5 Å². The van der Waals surface area contributed by atoms with Gasteiger partial charge in [0.2, 0.25) is 10.0 Å². The van der Waals surface area contributed by atoms with Crippen molar-refractivity contribution in [2.75, 3.05) is 20.1 Å². The molecule has 0 radical (unpaired) electrons. The van der Waals surface area contributed by atoms with Gasteiger partial charge in [0.1, 0.15) is 22.1 Å². The molecule has 2 aromatic rings. The summed E-state index contributed by atoms with van der Waals surface area (Å²) >= 11 is 0. The Labute approximate surface area is 141 Å². The van der Waals surface area contributed by atoms with E-state index in [2.05, 4.69) is 4.98 Å². The van der Waals surface area contributed by atoms with Gasteiger partial charge in [-0.15, -0.1) is 0 Å². The highest BCUT2D eigenvalue weighted by atomic mass is 32.2. The number of rotatable bonds is 5. The Kier molecular flexibility index (Phi) is 4.51. The maximum absolute atomic E-state index is 12.5. The zero-order valence-corrected chi connectivity index (χ0v) is 14.6. The van der Waals surface area contributed by atoms with Crippen LogP contribution in [-0.4, -0.2) is 48.7 Å². The molecular formula is C16H21N3O4S. The molecule has 0 bridgehead atoms. The predicted molar refractivity (Wildman–Crippen MR) is 88.0 cm³/mol. The van der Waals surface area contributed by atoms with Crippen molar-refractivity contribution < 1.29 is 17.6 Å². The number of aryl methyl sites for hydroxylation is 1. The van der Waals surface area contributed by atoms with Gasteiger partial charge in [0.05, 0.1) is 6.54 Å². The average Bonchev–Trinajstić information content (AvgIpc) is 3.28. The van der Waals surface area contributed by atoms with E-state index in [0.29, 0.717) is 25.4 Å². The van der Waals surface area contributed by atoms with Crippen LogP contribution in [0.5, 0.6) is 0 Å². The number of furan rings is 1. The molecule has 1 aliphatic heterocycles. The SMILES string of the molecule is Cc1ccc(CN(C)C(=O)c2cc(S(=O)(=O)N3CCCC3)c[nH]2)o1. The number of nitrogens with one attached hydrogen (secondary N) is 1. The minimum atomic E-state index is -3.52. The number of amides is 1. The molecule has 1 fully saturated rings. The Morgan fingerprint density at radius 2 is 2.04 bits per heavy atom. The number of carbonyl (C=O) groups excluding carboxylic acids is 1. The first-order valence-electron chi connectivity index (χ1n) is 7.87. The van der Waals surface area contributed by atoms with Crippen LogP contribution in [0.2, 0.25) is 0 Å². The number of nitrogens with zero attached hydrogens (tertiary/aromatic N) is 2. The molecule has 7 nitrogen and oxygen atoms in total. The van der Waals surface area contributed by atoms with Crippen LogP contribution in [0.15, 0.2) is 33.7 Å². The number of sulfonamides is 1. The van der Waals surface area contributed by atoms with Crippen molar-refractivity contribution in [1.82, 2.24) is 14.2 Å². The second-order valence-corrected chi connectivity index (χ2v) is 7.97. The fourth-order valence-electron chi connectivity index (χ4n) is 2.81. The summed E-state index contributed by atoms with van der Waals surface area (Å²) < 4.78 is 31.9. The highest BCUT2D eigenvalue weighted by Crippen LogP contribution is 2.22. The Hall–Kier alpha value is -2.06. The summed E-state index contributed by atoms with van der Waals surface area (Å²) in [6, 6.07) is 5.06. The Morgan fingerprint density at radius 1 is 1.33 bits per heavy atom. The first kappa shape index (κ1) is 16.8. The lowest BCUT2D eigenvalue weighted by Gasteiger charge is -2.15. The summed E-state index contributed by atoms with van der Waals surface area (Å²) in [7, 11) is -1.87. The number of carbonyl (C=O) groups is 1. The average molecular weight is 351 g/mol. The first-order chi connectivity index (χ1) is 11.4. The molecule has 0 aromatic carbocycles. The van der Waals surface area contributed by atoms with Crippen LogP contribution < -0.4 is 0 Å². The molecule has 1 aliphatic rings. The number of aromatic amines is 1. The van der Waals surface area contributed by atoms with Crippen LogP contribution in [0.4, 0.5) is 0 Å². The van der Waals surface area contributed by atoms with Gasteiger partial charge >= 0.3 is 0 Å². The van der Waals surface area contributed by atoms with E-state index in [4.69, 9.17) is 4.42 Å². The number of hydrogen-bond acceptors (Lipinski definition) is 4. The van der Waals surface area contributed by atoms with Gasteiger partial charge < -0.3 is 14.3 Å². The van der Waals surface area contributed by atoms with Crippen molar-refractivity contribution >= 4 is 15.9 Å². The Bertz CT molecular complexity index is 831. The van der Waals surface area contributed by atoms with Crippen LogP contribution in [-0.2, 0) is 16.6 Å². The minimum Gasteiger partial charge on any atom is -0.464 e. The van der Waals surface area contributed by atoms with Gasteiger partial charge in [-0.1, -0.05) is 0 Å². The smallest absolute Gasteiger partial charge is 0.270 e. The highest BCUT2D eigenvalue weighted by molar-refractivity contribution is 7.89. The van der Waals surface area contributed by atoms with Crippen molar-refractivity contribution in [3.8, 4) is 0 Å². The molecule has 2 aromatic heterocycles. The molecule has 3 heterocycles. The molecule has 3 rings (SSSR count). The van der Waals surface area contributed by atoms with Crippen LogP contribution in [0.3, 0.4) is 0 Å². The topological polar surface area (TPSA) is 86.6 Å². The zero-order chi connectivity index (χ0) is 17.3. The molecule has 1 saturated heterocycles. The van der Waals surface area contributed by atoms with Gasteiger partial charge in [0, 0.05) is 26.3 Å². The highest BCUT2D eigenvalue weighted by Gasteiger charge is 2.29. The van der Waals surface area contributed by atoms with E-state index in [1.807, 2.05) is 19.1 Å². The van der Waals surface area contributed by atoms with Crippen molar-refractivity contribution in [3.05, 3.63) is 41.6 Å². The van der Waals surface area contributed by atoms with Crippen molar-refractivity contribution in [2.45, 2.75) is 31.2 Å². The van der Waals surface area contributed by atoms with E-state index in [1.54, 1.807) is 7.05 Å². The summed E-state index contributed by atoms with van der Waals surface area (Å²) in [4.78, 5) is 16.9. The summed E-state index contributed by atoms with van der Waals surface area (Å²) in [5.41, 5.74) is 0.249. The largest absolute Gasteiger partial charge is 0.464 e. The third-order valence-electron chi connectivity index (χ3n) is 4.13. The van der Waals surface area contributed by atoms with Crippen LogP contribution in [0.25, 0.3) is 0 Å². The van der Waals surface area contributed by atoms with E-state index in [0.717, 1.165) is 18.6 Å². The summed E-state index contributed by atoms with van der Waals surface area (Å²) in [5.74, 6) is 1.18. The molecular weight excluding hydrogens is 330 g/mol. The van der Waals surface area contributed by atoms with Gasteiger partial charge in [0.15, 0.2) is 0 Å². The standard InChI is InChI=1S/C16H21N3O4S/c1-12-5-6-13(23-12)11-18(2)16(20)15-9-14(10-17-15)24(21,22)19-7-3-4-8-19/h5-6,9-10,17H,3-4,7-8,11H2,1-2H3. The molecule has 24 heavy (non-hydrogen) atoms. The molecule has 1 N–H and O–H groups in total. The van der Waals surface area contributed by atoms with Crippen molar-refractivity contribution in [2.24, 2.45) is 0 Å². The second-order valence-electron chi connectivity index (χ2n) is 6.03.